The maximum atomic E-state index is 13.7. The fraction of sp³-hybridized carbons (Fsp3) is 0.526. The molecule has 0 radical (unpaired) electrons. The van der Waals surface area contributed by atoms with Gasteiger partial charge in [0.25, 0.3) is 0 Å². The monoisotopic (exact) mass is 363 g/mol. The van der Waals surface area contributed by atoms with Gasteiger partial charge < -0.3 is 15.5 Å². The van der Waals surface area contributed by atoms with Gasteiger partial charge >= 0.3 is 6.03 Å². The first kappa shape index (κ1) is 19.9. The Bertz CT molecular complexity index is 663. The molecule has 2 rings (SSSR count). The fourth-order valence-corrected chi connectivity index (χ4v) is 2.79. The highest BCUT2D eigenvalue weighted by Crippen LogP contribution is 2.15. The zero-order valence-electron chi connectivity index (χ0n) is 15.3. The molecule has 1 aromatic rings. The van der Waals surface area contributed by atoms with E-state index in [1.165, 1.54) is 23.1 Å². The third-order valence-corrected chi connectivity index (χ3v) is 4.34. The van der Waals surface area contributed by atoms with Crippen molar-refractivity contribution >= 4 is 23.4 Å². The number of benzene rings is 1. The van der Waals surface area contributed by atoms with Crippen molar-refractivity contribution in [2.24, 2.45) is 5.92 Å². The number of ketones is 1. The van der Waals surface area contributed by atoms with Crippen molar-refractivity contribution in [1.29, 1.82) is 0 Å². The molecule has 3 amide bonds. The Morgan fingerprint density at radius 2 is 2.04 bits per heavy atom. The largest absolute Gasteiger partial charge is 0.346 e. The number of hydrogen-bond donors (Lipinski definition) is 2. The fourth-order valence-electron chi connectivity index (χ4n) is 2.79. The van der Waals surface area contributed by atoms with E-state index in [9.17, 15) is 18.8 Å². The van der Waals surface area contributed by atoms with E-state index >= 15 is 0 Å². The molecule has 1 atom stereocenters. The Balaban J connectivity index is 1.91. The summed E-state index contributed by atoms with van der Waals surface area (Å²) in [5.41, 5.74) is 0.0766. The molecule has 1 heterocycles. The maximum absolute atomic E-state index is 13.7. The minimum absolute atomic E-state index is 0.0766. The Morgan fingerprint density at radius 1 is 1.31 bits per heavy atom. The van der Waals surface area contributed by atoms with Gasteiger partial charge in [-0.2, -0.15) is 0 Å². The summed E-state index contributed by atoms with van der Waals surface area (Å²) in [6, 6.07) is 4.79. The molecule has 1 fully saturated rings. The van der Waals surface area contributed by atoms with Crippen molar-refractivity contribution in [1.82, 2.24) is 10.2 Å². The predicted molar refractivity (Wildman–Crippen MR) is 97.2 cm³/mol. The van der Waals surface area contributed by atoms with E-state index in [0.717, 1.165) is 6.42 Å². The molecule has 26 heavy (non-hydrogen) atoms. The van der Waals surface area contributed by atoms with Crippen molar-refractivity contribution in [3.63, 3.8) is 0 Å². The molecule has 1 aromatic carbocycles. The second kappa shape index (κ2) is 9.31. The van der Waals surface area contributed by atoms with E-state index in [0.29, 0.717) is 31.7 Å². The number of carbonyl (C=O) groups is 3. The third-order valence-electron chi connectivity index (χ3n) is 4.34. The van der Waals surface area contributed by atoms with Crippen LogP contribution in [0.25, 0.3) is 0 Å². The van der Waals surface area contributed by atoms with Crippen LogP contribution >= 0.6 is 0 Å². The van der Waals surface area contributed by atoms with Crippen molar-refractivity contribution in [2.45, 2.75) is 45.6 Å². The van der Waals surface area contributed by atoms with Crippen LogP contribution in [0.2, 0.25) is 0 Å². The topological polar surface area (TPSA) is 78.5 Å². The van der Waals surface area contributed by atoms with Crippen molar-refractivity contribution in [3.05, 3.63) is 30.1 Å². The predicted octanol–water partition coefficient (Wildman–Crippen LogP) is 2.94. The highest BCUT2D eigenvalue weighted by Gasteiger charge is 2.28. The van der Waals surface area contributed by atoms with Crippen LogP contribution in [0.4, 0.5) is 14.9 Å². The number of nitrogens with one attached hydrogen (secondary N) is 2. The lowest BCUT2D eigenvalue weighted by Gasteiger charge is -2.21. The summed E-state index contributed by atoms with van der Waals surface area (Å²) in [4.78, 5) is 38.1. The molecule has 0 unspecified atom stereocenters. The molecule has 142 valence electrons. The van der Waals surface area contributed by atoms with Gasteiger partial charge in [-0.15, -0.1) is 0 Å². The van der Waals surface area contributed by atoms with Gasteiger partial charge in [0.1, 0.15) is 5.82 Å². The minimum Gasteiger partial charge on any atom is -0.346 e. The molecule has 1 aliphatic rings. The van der Waals surface area contributed by atoms with Gasteiger partial charge in [-0.05, 0) is 37.3 Å². The number of amides is 3. The molecule has 7 heteroatoms. The van der Waals surface area contributed by atoms with Gasteiger partial charge in [-0.1, -0.05) is 26.0 Å². The summed E-state index contributed by atoms with van der Waals surface area (Å²) in [7, 11) is 0. The molecule has 0 aliphatic carbocycles. The van der Waals surface area contributed by atoms with Gasteiger partial charge in [0, 0.05) is 13.0 Å². The number of carbonyl (C=O) groups excluding carboxylic acids is 3. The number of halogens is 1. The Morgan fingerprint density at radius 3 is 2.73 bits per heavy atom. The molecule has 0 spiro atoms. The van der Waals surface area contributed by atoms with Crippen molar-refractivity contribution in [2.75, 3.05) is 18.4 Å². The number of anilines is 1. The lowest BCUT2D eigenvalue weighted by Crippen LogP contribution is -2.45. The standard InChI is InChI=1S/C19H26FN3O3/c1-13(2)9-10-18(25)21-16-8-5-11-23(12-17(16)24)19(26)22-15-7-4-3-6-14(15)20/h3-4,6-7,13,16H,5,8-12H2,1-2H3,(H,21,25)(H,22,26)/t16-/m0/s1. The van der Waals surface area contributed by atoms with Gasteiger partial charge in [0.15, 0.2) is 5.78 Å². The summed E-state index contributed by atoms with van der Waals surface area (Å²) in [5, 5.41) is 5.26. The van der Waals surface area contributed by atoms with E-state index in [1.807, 2.05) is 13.8 Å². The average molecular weight is 363 g/mol. The second-order valence-corrected chi connectivity index (χ2v) is 6.99. The first-order chi connectivity index (χ1) is 12.4. The number of Topliss-reactive ketones (excluding diaryl/α,β-unsaturated/α-hetero) is 1. The van der Waals surface area contributed by atoms with Crippen LogP contribution < -0.4 is 10.6 Å². The molecule has 2 N–H and O–H groups in total. The Kier molecular flexibility index (Phi) is 7.12. The number of rotatable bonds is 5. The molecule has 0 bridgehead atoms. The van der Waals surface area contributed by atoms with Gasteiger partial charge in [-0.3, -0.25) is 9.59 Å². The average Bonchev–Trinajstić information content (AvgIpc) is 2.77. The van der Waals surface area contributed by atoms with Crippen LogP contribution in [-0.2, 0) is 9.59 Å². The van der Waals surface area contributed by atoms with Crippen LogP contribution in [-0.4, -0.2) is 41.8 Å². The lowest BCUT2D eigenvalue weighted by molar-refractivity contribution is -0.127. The van der Waals surface area contributed by atoms with E-state index in [2.05, 4.69) is 10.6 Å². The minimum atomic E-state index is -0.569. The van der Waals surface area contributed by atoms with Gasteiger partial charge in [-0.25, -0.2) is 9.18 Å². The molecular formula is C19H26FN3O3. The van der Waals surface area contributed by atoms with E-state index < -0.39 is 17.9 Å². The lowest BCUT2D eigenvalue weighted by atomic mass is 10.1. The normalized spacial score (nSPS) is 17.8. The van der Waals surface area contributed by atoms with Crippen molar-refractivity contribution in [3.8, 4) is 0 Å². The van der Waals surface area contributed by atoms with Crippen LogP contribution in [0.1, 0.15) is 39.5 Å². The van der Waals surface area contributed by atoms with E-state index in [-0.39, 0.29) is 23.9 Å². The SMILES string of the molecule is CC(C)CCC(=O)N[C@H]1CCCN(C(=O)Nc2ccccc2F)CC1=O. The summed E-state index contributed by atoms with van der Waals surface area (Å²) in [6.07, 6.45) is 2.24. The number of likely N-dealkylation sites (tertiary alicyclic amines) is 1. The van der Waals surface area contributed by atoms with Crippen LogP contribution in [0.3, 0.4) is 0 Å². The Hall–Kier alpha value is -2.44. The summed E-state index contributed by atoms with van der Waals surface area (Å²) in [6.45, 7) is 4.35. The maximum Gasteiger partial charge on any atom is 0.322 e. The zero-order valence-corrected chi connectivity index (χ0v) is 15.3. The quantitative estimate of drug-likeness (QED) is 0.844. The second-order valence-electron chi connectivity index (χ2n) is 6.99. The number of hydrogen-bond acceptors (Lipinski definition) is 3. The smallest absolute Gasteiger partial charge is 0.322 e. The zero-order chi connectivity index (χ0) is 19.1. The molecule has 0 aromatic heterocycles. The highest BCUT2D eigenvalue weighted by molar-refractivity contribution is 5.96. The van der Waals surface area contributed by atoms with Gasteiger partial charge in [0.2, 0.25) is 5.91 Å². The molecule has 0 saturated carbocycles. The van der Waals surface area contributed by atoms with Crippen LogP contribution in [0.15, 0.2) is 24.3 Å². The number of nitrogens with zero attached hydrogens (tertiary/aromatic N) is 1. The van der Waals surface area contributed by atoms with Crippen molar-refractivity contribution < 1.29 is 18.8 Å². The highest BCUT2D eigenvalue weighted by atomic mass is 19.1. The van der Waals surface area contributed by atoms with Crippen LogP contribution in [0, 0.1) is 11.7 Å². The molecule has 6 nitrogen and oxygen atoms in total. The number of para-hydroxylation sites is 1. The van der Waals surface area contributed by atoms with E-state index in [1.54, 1.807) is 6.07 Å². The van der Waals surface area contributed by atoms with Crippen LogP contribution in [0.5, 0.6) is 0 Å². The first-order valence-corrected chi connectivity index (χ1v) is 8.99. The summed E-state index contributed by atoms with van der Waals surface area (Å²) < 4.78 is 13.7. The number of urea groups is 1. The third kappa shape index (κ3) is 5.82. The summed E-state index contributed by atoms with van der Waals surface area (Å²) in [5.74, 6) is -0.453. The van der Waals surface area contributed by atoms with Gasteiger partial charge in [0.05, 0.1) is 18.3 Å². The summed E-state index contributed by atoms with van der Waals surface area (Å²) >= 11 is 0. The molecule has 1 saturated heterocycles. The first-order valence-electron chi connectivity index (χ1n) is 8.99. The molecular weight excluding hydrogens is 337 g/mol. The Labute approximate surface area is 153 Å². The van der Waals surface area contributed by atoms with E-state index in [4.69, 9.17) is 0 Å². The molecule has 1 aliphatic heterocycles.